The number of hydrogen-bond donors (Lipinski definition) is 0. The van der Waals surface area contributed by atoms with Crippen LogP contribution in [0.3, 0.4) is 0 Å². The fraction of sp³-hybridized carbons (Fsp3) is 0.312. The summed E-state index contributed by atoms with van der Waals surface area (Å²) in [6, 6.07) is 9.58. The van der Waals surface area contributed by atoms with Gasteiger partial charge in [0.05, 0.1) is 12.0 Å². The van der Waals surface area contributed by atoms with Crippen LogP contribution in [0.25, 0.3) is 11.0 Å². The van der Waals surface area contributed by atoms with E-state index in [0.717, 1.165) is 31.1 Å². The van der Waals surface area contributed by atoms with Crippen LogP contribution in [0.4, 0.5) is 0 Å². The van der Waals surface area contributed by atoms with Gasteiger partial charge in [-0.25, -0.2) is 0 Å². The van der Waals surface area contributed by atoms with Crippen molar-refractivity contribution in [3.63, 3.8) is 0 Å². The molecule has 0 bridgehead atoms. The molecule has 0 aliphatic carbocycles. The van der Waals surface area contributed by atoms with Gasteiger partial charge >= 0.3 is 0 Å². The van der Waals surface area contributed by atoms with Crippen molar-refractivity contribution in [2.75, 3.05) is 6.61 Å². The Bertz CT molecular complexity index is 592. The maximum atomic E-state index is 9.06. The lowest BCUT2D eigenvalue weighted by Crippen LogP contribution is -1.97. The summed E-state index contributed by atoms with van der Waals surface area (Å²) in [5.41, 5.74) is 0.695. The third kappa shape index (κ3) is 3.17. The van der Waals surface area contributed by atoms with Crippen molar-refractivity contribution in [1.29, 1.82) is 5.26 Å². The van der Waals surface area contributed by atoms with Crippen molar-refractivity contribution in [1.82, 2.24) is 0 Å². The quantitative estimate of drug-likeness (QED) is 0.543. The van der Waals surface area contributed by atoms with Crippen LogP contribution < -0.4 is 4.74 Å². The molecule has 0 aliphatic heterocycles. The van der Waals surface area contributed by atoms with Crippen molar-refractivity contribution in [2.45, 2.75) is 25.7 Å². The summed E-state index contributed by atoms with van der Waals surface area (Å²) in [5, 5.41) is 9.92. The maximum Gasteiger partial charge on any atom is 0.246 e. The van der Waals surface area contributed by atoms with E-state index in [9.17, 15) is 0 Å². The molecule has 0 unspecified atom stereocenters. The van der Waals surface area contributed by atoms with Crippen LogP contribution in [0.15, 0.2) is 41.3 Å². The monoisotopic (exact) mass is 255 g/mol. The third-order valence-electron chi connectivity index (χ3n) is 2.95. The van der Waals surface area contributed by atoms with Crippen LogP contribution in [0.2, 0.25) is 0 Å². The van der Waals surface area contributed by atoms with E-state index in [1.165, 1.54) is 0 Å². The van der Waals surface area contributed by atoms with Crippen LogP contribution in [0, 0.1) is 11.3 Å². The normalized spacial score (nSPS) is 10.3. The fourth-order valence-corrected chi connectivity index (χ4v) is 1.98. The zero-order valence-corrected chi connectivity index (χ0v) is 10.9. The molecule has 0 saturated heterocycles. The number of allylic oxidation sites excluding steroid dienone is 1. The van der Waals surface area contributed by atoms with Gasteiger partial charge in [-0.2, -0.15) is 5.26 Å². The highest BCUT2D eigenvalue weighted by atomic mass is 16.5. The first-order chi connectivity index (χ1) is 9.36. The first-order valence-electron chi connectivity index (χ1n) is 6.52. The van der Waals surface area contributed by atoms with E-state index in [2.05, 4.69) is 6.58 Å². The molecule has 1 heterocycles. The molecule has 0 saturated carbocycles. The highest BCUT2D eigenvalue weighted by molar-refractivity contribution is 5.86. The van der Waals surface area contributed by atoms with Crippen molar-refractivity contribution in [3.05, 3.63) is 42.7 Å². The summed E-state index contributed by atoms with van der Waals surface area (Å²) in [5.74, 6) is 0.828. The Balaban J connectivity index is 1.99. The topological polar surface area (TPSA) is 46.2 Å². The molecule has 0 atom stereocenters. The minimum Gasteiger partial charge on any atom is -0.488 e. The zero-order valence-electron chi connectivity index (χ0n) is 10.9. The van der Waals surface area contributed by atoms with Gasteiger partial charge in [-0.1, -0.05) is 18.2 Å². The molecule has 0 radical (unpaired) electrons. The predicted molar refractivity (Wildman–Crippen MR) is 75.1 cm³/mol. The molecule has 0 fully saturated rings. The van der Waals surface area contributed by atoms with Gasteiger partial charge in [0, 0.05) is 0 Å². The molecule has 3 nitrogen and oxygen atoms in total. The van der Waals surface area contributed by atoms with Gasteiger partial charge < -0.3 is 9.15 Å². The number of hydrogen-bond acceptors (Lipinski definition) is 3. The Morgan fingerprint density at radius 1 is 1.26 bits per heavy atom. The lowest BCUT2D eigenvalue weighted by atomic mass is 10.2. The van der Waals surface area contributed by atoms with Crippen molar-refractivity contribution in [3.8, 4) is 11.8 Å². The SMILES string of the molecule is C=CCCCCCOc1c(C#N)oc2ccccc12. The van der Waals surface area contributed by atoms with E-state index in [0.29, 0.717) is 17.9 Å². The van der Waals surface area contributed by atoms with Gasteiger partial charge in [-0.05, 0) is 37.8 Å². The second kappa shape index (κ2) is 6.65. The molecule has 3 heteroatoms. The number of benzene rings is 1. The van der Waals surface area contributed by atoms with E-state index in [1.807, 2.05) is 36.4 Å². The lowest BCUT2D eigenvalue weighted by Gasteiger charge is -2.04. The van der Waals surface area contributed by atoms with E-state index in [1.54, 1.807) is 0 Å². The summed E-state index contributed by atoms with van der Waals surface area (Å²) in [7, 11) is 0. The lowest BCUT2D eigenvalue weighted by molar-refractivity contribution is 0.303. The van der Waals surface area contributed by atoms with Crippen LogP contribution in [0.1, 0.15) is 31.4 Å². The van der Waals surface area contributed by atoms with Crippen LogP contribution in [-0.2, 0) is 0 Å². The van der Waals surface area contributed by atoms with Crippen molar-refractivity contribution < 1.29 is 9.15 Å². The number of rotatable bonds is 7. The number of furan rings is 1. The molecule has 0 N–H and O–H groups in total. The Morgan fingerprint density at radius 2 is 2.11 bits per heavy atom. The summed E-state index contributed by atoms with van der Waals surface area (Å²) < 4.78 is 11.2. The van der Waals surface area contributed by atoms with Crippen LogP contribution in [-0.4, -0.2) is 6.61 Å². The summed E-state index contributed by atoms with van der Waals surface area (Å²) in [6.07, 6.45) is 6.17. The Hall–Kier alpha value is -2.21. The second-order valence-electron chi connectivity index (χ2n) is 4.35. The molecule has 0 amide bonds. The number of ether oxygens (including phenoxy) is 1. The number of nitrogens with zero attached hydrogens (tertiary/aromatic N) is 1. The van der Waals surface area contributed by atoms with Crippen molar-refractivity contribution >= 4 is 11.0 Å². The van der Waals surface area contributed by atoms with Crippen LogP contribution >= 0.6 is 0 Å². The third-order valence-corrected chi connectivity index (χ3v) is 2.95. The summed E-state index contributed by atoms with van der Waals surface area (Å²) in [6.45, 7) is 4.30. The van der Waals surface area contributed by atoms with Crippen LogP contribution in [0.5, 0.6) is 5.75 Å². The second-order valence-corrected chi connectivity index (χ2v) is 4.35. The first-order valence-corrected chi connectivity index (χ1v) is 6.52. The smallest absolute Gasteiger partial charge is 0.246 e. The minimum absolute atomic E-state index is 0.257. The van der Waals surface area contributed by atoms with Gasteiger partial charge in [-0.3, -0.25) is 0 Å². The molecular formula is C16H17NO2. The molecule has 1 aromatic heterocycles. The highest BCUT2D eigenvalue weighted by Gasteiger charge is 2.14. The summed E-state index contributed by atoms with van der Waals surface area (Å²) in [4.78, 5) is 0. The average Bonchev–Trinajstić information content (AvgIpc) is 2.81. The molecular weight excluding hydrogens is 238 g/mol. The van der Waals surface area contributed by atoms with Gasteiger partial charge in [-0.15, -0.1) is 6.58 Å². The minimum atomic E-state index is 0.257. The first kappa shape index (κ1) is 13.2. The number of unbranched alkanes of at least 4 members (excludes halogenated alkanes) is 3. The van der Waals surface area contributed by atoms with E-state index in [4.69, 9.17) is 14.4 Å². The molecule has 2 rings (SSSR count). The van der Waals surface area contributed by atoms with Gasteiger partial charge in [0.2, 0.25) is 5.76 Å². The molecule has 2 aromatic rings. The van der Waals surface area contributed by atoms with Gasteiger partial charge in [0.25, 0.3) is 0 Å². The maximum absolute atomic E-state index is 9.06. The van der Waals surface area contributed by atoms with E-state index < -0.39 is 0 Å². The molecule has 19 heavy (non-hydrogen) atoms. The summed E-state index contributed by atoms with van der Waals surface area (Å²) >= 11 is 0. The molecule has 0 spiro atoms. The Labute approximate surface area is 113 Å². The van der Waals surface area contributed by atoms with E-state index in [-0.39, 0.29) is 5.76 Å². The Kier molecular flexibility index (Phi) is 4.63. The van der Waals surface area contributed by atoms with Gasteiger partial charge in [0.1, 0.15) is 11.7 Å². The highest BCUT2D eigenvalue weighted by Crippen LogP contribution is 2.32. The number of fused-ring (bicyclic) bond motifs is 1. The van der Waals surface area contributed by atoms with Gasteiger partial charge in [0.15, 0.2) is 5.75 Å². The Morgan fingerprint density at radius 3 is 2.89 bits per heavy atom. The largest absolute Gasteiger partial charge is 0.488 e. The van der Waals surface area contributed by atoms with E-state index >= 15 is 0 Å². The molecule has 98 valence electrons. The molecule has 1 aromatic carbocycles. The number of nitriles is 1. The fourth-order valence-electron chi connectivity index (χ4n) is 1.98. The predicted octanol–water partition coefficient (Wildman–Crippen LogP) is 4.43. The average molecular weight is 255 g/mol. The zero-order chi connectivity index (χ0) is 13.5. The molecule has 0 aliphatic rings. The standard InChI is InChI=1S/C16H17NO2/c1-2-3-4-5-8-11-18-16-13-9-6-7-10-14(13)19-15(16)12-17/h2,6-7,9-10H,1,3-5,8,11H2. The number of para-hydroxylation sites is 1. The van der Waals surface area contributed by atoms with Crippen molar-refractivity contribution in [2.24, 2.45) is 0 Å².